The van der Waals surface area contributed by atoms with Gasteiger partial charge in [-0.2, -0.15) is 5.10 Å². The minimum atomic E-state index is -0.433. The molecule has 0 saturated carbocycles. The molecular formula is C12H13F2N3. The van der Waals surface area contributed by atoms with Crippen LogP contribution < -0.4 is 5.32 Å². The van der Waals surface area contributed by atoms with Crippen molar-refractivity contribution < 1.29 is 8.78 Å². The first-order valence-electron chi connectivity index (χ1n) is 5.33. The van der Waals surface area contributed by atoms with Gasteiger partial charge in [-0.25, -0.2) is 8.78 Å². The molecule has 2 aromatic rings. The van der Waals surface area contributed by atoms with Crippen molar-refractivity contribution in [3.63, 3.8) is 0 Å². The lowest BCUT2D eigenvalue weighted by Crippen LogP contribution is -2.19. The van der Waals surface area contributed by atoms with E-state index in [2.05, 4.69) is 15.5 Å². The Balaban J connectivity index is 2.00. The summed E-state index contributed by atoms with van der Waals surface area (Å²) in [5.41, 5.74) is 1.22. The number of benzene rings is 1. The van der Waals surface area contributed by atoms with E-state index in [-0.39, 0.29) is 12.6 Å². The van der Waals surface area contributed by atoms with Crippen molar-refractivity contribution in [1.82, 2.24) is 15.5 Å². The molecule has 0 aliphatic rings. The van der Waals surface area contributed by atoms with E-state index in [0.29, 0.717) is 5.56 Å². The van der Waals surface area contributed by atoms with Crippen molar-refractivity contribution in [2.24, 2.45) is 0 Å². The van der Waals surface area contributed by atoms with Crippen LogP contribution in [0.3, 0.4) is 0 Å². The van der Waals surface area contributed by atoms with Gasteiger partial charge in [0.1, 0.15) is 11.6 Å². The van der Waals surface area contributed by atoms with Crippen LogP contribution in [0.25, 0.3) is 0 Å². The van der Waals surface area contributed by atoms with Crippen LogP contribution in [-0.2, 0) is 6.54 Å². The number of H-pyrrole nitrogens is 1. The minimum absolute atomic E-state index is 0.000155. The second-order valence-electron chi connectivity index (χ2n) is 3.85. The van der Waals surface area contributed by atoms with Gasteiger partial charge in [0.25, 0.3) is 0 Å². The summed E-state index contributed by atoms with van der Waals surface area (Å²) in [5, 5.41) is 9.74. The van der Waals surface area contributed by atoms with Crippen molar-refractivity contribution in [3.05, 3.63) is 53.4 Å². The van der Waals surface area contributed by atoms with E-state index in [1.807, 2.05) is 13.0 Å². The molecule has 90 valence electrons. The Labute approximate surface area is 97.9 Å². The third kappa shape index (κ3) is 2.88. The fourth-order valence-corrected chi connectivity index (χ4v) is 1.56. The summed E-state index contributed by atoms with van der Waals surface area (Å²) >= 11 is 0. The summed E-state index contributed by atoms with van der Waals surface area (Å²) in [6, 6.07) is 5.27. The molecule has 0 radical (unpaired) electrons. The molecule has 1 atom stereocenters. The van der Waals surface area contributed by atoms with Crippen LogP contribution in [0.2, 0.25) is 0 Å². The molecule has 1 unspecified atom stereocenters. The summed E-state index contributed by atoms with van der Waals surface area (Å²) < 4.78 is 26.3. The van der Waals surface area contributed by atoms with Crippen LogP contribution in [0.15, 0.2) is 30.5 Å². The third-order valence-corrected chi connectivity index (χ3v) is 2.60. The topological polar surface area (TPSA) is 40.7 Å². The molecule has 1 aromatic heterocycles. The van der Waals surface area contributed by atoms with Gasteiger partial charge in [-0.1, -0.05) is 0 Å². The Kier molecular flexibility index (Phi) is 3.49. The van der Waals surface area contributed by atoms with E-state index in [9.17, 15) is 8.78 Å². The molecule has 0 saturated heterocycles. The van der Waals surface area contributed by atoms with Gasteiger partial charge in [0.15, 0.2) is 0 Å². The van der Waals surface area contributed by atoms with E-state index in [1.165, 1.54) is 6.07 Å². The summed E-state index contributed by atoms with van der Waals surface area (Å²) in [4.78, 5) is 0. The van der Waals surface area contributed by atoms with Gasteiger partial charge in [0.2, 0.25) is 0 Å². The van der Waals surface area contributed by atoms with Gasteiger partial charge in [-0.15, -0.1) is 0 Å². The lowest BCUT2D eigenvalue weighted by atomic mass is 10.2. The third-order valence-electron chi connectivity index (χ3n) is 2.60. The number of hydrogen-bond donors (Lipinski definition) is 2. The first-order chi connectivity index (χ1) is 8.16. The average molecular weight is 237 g/mol. The maximum atomic E-state index is 13.3. The van der Waals surface area contributed by atoms with Crippen LogP contribution in [-0.4, -0.2) is 10.2 Å². The van der Waals surface area contributed by atoms with E-state index in [1.54, 1.807) is 6.20 Å². The zero-order chi connectivity index (χ0) is 12.3. The highest BCUT2D eigenvalue weighted by molar-refractivity contribution is 5.18. The summed E-state index contributed by atoms with van der Waals surface area (Å²) in [6.07, 6.45) is 1.65. The normalized spacial score (nSPS) is 12.6. The molecule has 3 nitrogen and oxygen atoms in total. The monoisotopic (exact) mass is 237 g/mol. The van der Waals surface area contributed by atoms with Gasteiger partial charge in [0, 0.05) is 24.3 Å². The van der Waals surface area contributed by atoms with E-state index >= 15 is 0 Å². The number of nitrogens with zero attached hydrogens (tertiary/aromatic N) is 1. The highest BCUT2D eigenvalue weighted by atomic mass is 19.1. The van der Waals surface area contributed by atoms with Gasteiger partial charge >= 0.3 is 0 Å². The van der Waals surface area contributed by atoms with Crippen LogP contribution in [0.4, 0.5) is 8.78 Å². The van der Waals surface area contributed by atoms with Crippen LogP contribution in [0.1, 0.15) is 24.2 Å². The molecule has 0 fully saturated rings. The van der Waals surface area contributed by atoms with Crippen molar-refractivity contribution in [1.29, 1.82) is 0 Å². The number of rotatable bonds is 4. The Morgan fingerprint density at radius 3 is 2.88 bits per heavy atom. The highest BCUT2D eigenvalue weighted by Crippen LogP contribution is 2.12. The number of halogens is 2. The minimum Gasteiger partial charge on any atom is -0.305 e. The first-order valence-corrected chi connectivity index (χ1v) is 5.33. The Morgan fingerprint density at radius 2 is 2.18 bits per heavy atom. The second kappa shape index (κ2) is 5.05. The summed E-state index contributed by atoms with van der Waals surface area (Å²) in [6.45, 7) is 2.19. The highest BCUT2D eigenvalue weighted by Gasteiger charge is 2.08. The molecule has 5 heteroatoms. The molecule has 2 rings (SSSR count). The molecule has 0 spiro atoms. The Hall–Kier alpha value is -1.75. The van der Waals surface area contributed by atoms with Gasteiger partial charge < -0.3 is 5.32 Å². The van der Waals surface area contributed by atoms with E-state index in [0.717, 1.165) is 17.8 Å². The summed E-state index contributed by atoms with van der Waals surface area (Å²) in [7, 11) is 0. The van der Waals surface area contributed by atoms with Crippen LogP contribution in [0, 0.1) is 11.6 Å². The molecule has 2 N–H and O–H groups in total. The molecule has 1 heterocycles. The van der Waals surface area contributed by atoms with E-state index < -0.39 is 11.6 Å². The smallest absolute Gasteiger partial charge is 0.127 e. The molecule has 0 amide bonds. The standard InChI is InChI=1S/C12H13F2N3/c1-8(12-4-5-16-17-12)15-7-9-6-10(13)2-3-11(9)14/h2-6,8,15H,7H2,1H3,(H,16,17). The number of aromatic nitrogens is 2. The maximum absolute atomic E-state index is 13.3. The number of nitrogens with one attached hydrogen (secondary N) is 2. The van der Waals surface area contributed by atoms with Crippen molar-refractivity contribution in [3.8, 4) is 0 Å². The second-order valence-corrected chi connectivity index (χ2v) is 3.85. The fraction of sp³-hybridized carbons (Fsp3) is 0.250. The predicted molar refractivity (Wildman–Crippen MR) is 60.2 cm³/mol. The van der Waals surface area contributed by atoms with Crippen molar-refractivity contribution in [2.75, 3.05) is 0 Å². The predicted octanol–water partition coefficient (Wildman–Crippen LogP) is 2.54. The van der Waals surface area contributed by atoms with Gasteiger partial charge in [-0.3, -0.25) is 5.10 Å². The van der Waals surface area contributed by atoms with Crippen molar-refractivity contribution in [2.45, 2.75) is 19.5 Å². The van der Waals surface area contributed by atoms with Crippen LogP contribution in [0.5, 0.6) is 0 Å². The van der Waals surface area contributed by atoms with Gasteiger partial charge in [-0.05, 0) is 31.2 Å². The zero-order valence-electron chi connectivity index (χ0n) is 9.37. The summed E-state index contributed by atoms with van der Waals surface area (Å²) in [5.74, 6) is -0.840. The molecule has 1 aromatic carbocycles. The fourth-order valence-electron chi connectivity index (χ4n) is 1.56. The maximum Gasteiger partial charge on any atom is 0.127 e. The lowest BCUT2D eigenvalue weighted by Gasteiger charge is -2.12. The quantitative estimate of drug-likeness (QED) is 0.857. The lowest BCUT2D eigenvalue weighted by molar-refractivity contribution is 0.528. The van der Waals surface area contributed by atoms with E-state index in [4.69, 9.17) is 0 Å². The molecule has 0 aliphatic heterocycles. The molecular weight excluding hydrogens is 224 g/mol. The number of aromatic amines is 1. The molecule has 0 bridgehead atoms. The van der Waals surface area contributed by atoms with Gasteiger partial charge in [0.05, 0.1) is 5.69 Å². The average Bonchev–Trinajstić information content (AvgIpc) is 2.83. The number of hydrogen-bond acceptors (Lipinski definition) is 2. The largest absolute Gasteiger partial charge is 0.305 e. The SMILES string of the molecule is CC(NCc1cc(F)ccc1F)c1ccn[nH]1. The van der Waals surface area contributed by atoms with Crippen LogP contribution >= 0.6 is 0 Å². The zero-order valence-corrected chi connectivity index (χ0v) is 9.37. The molecule has 17 heavy (non-hydrogen) atoms. The molecule has 0 aliphatic carbocycles. The first kappa shape index (κ1) is 11.7. The Bertz CT molecular complexity index is 483. The Morgan fingerprint density at radius 1 is 1.35 bits per heavy atom. The van der Waals surface area contributed by atoms with Crippen molar-refractivity contribution >= 4 is 0 Å².